The monoisotopic (exact) mass is 492 g/mol. The number of rotatable bonds is 11. The number of nitrogens with zero attached hydrogens (tertiary/aromatic N) is 2. The predicted molar refractivity (Wildman–Crippen MR) is 125 cm³/mol. The molecule has 0 saturated heterocycles. The molecule has 0 aliphatic carbocycles. The first-order valence-electron chi connectivity index (χ1n) is 9.47. The number of ether oxygens (including phenoxy) is 2. The van der Waals surface area contributed by atoms with Crippen molar-refractivity contribution < 1.29 is 9.47 Å². The van der Waals surface area contributed by atoms with Crippen LogP contribution in [0, 0.1) is 0 Å². The van der Waals surface area contributed by atoms with E-state index in [2.05, 4.69) is 49.5 Å². The predicted octanol–water partition coefficient (Wildman–Crippen LogP) is 3.67. The van der Waals surface area contributed by atoms with Gasteiger partial charge in [0, 0.05) is 13.1 Å². The molecule has 0 fully saturated rings. The van der Waals surface area contributed by atoms with Crippen molar-refractivity contribution in [2.45, 2.75) is 39.2 Å². The molecule has 1 rings (SSSR count). The number of benzene rings is 1. The van der Waals surface area contributed by atoms with Gasteiger partial charge in [-0.05, 0) is 45.1 Å². The summed E-state index contributed by atoms with van der Waals surface area (Å²) in [4.78, 5) is 6.96. The van der Waals surface area contributed by atoms with Crippen LogP contribution in [0.25, 0.3) is 0 Å². The average molecular weight is 492 g/mol. The molecule has 27 heavy (non-hydrogen) atoms. The van der Waals surface area contributed by atoms with E-state index in [-0.39, 0.29) is 30.0 Å². The Hall–Kier alpha value is -1.22. The van der Waals surface area contributed by atoms with Crippen molar-refractivity contribution in [3.05, 3.63) is 23.8 Å². The minimum Gasteiger partial charge on any atom is -0.493 e. The van der Waals surface area contributed by atoms with Gasteiger partial charge in [-0.25, -0.2) is 0 Å². The molecule has 0 saturated carbocycles. The second-order valence-electron chi connectivity index (χ2n) is 6.45. The molecular formula is C20H37IN4O2. The molecule has 7 heteroatoms. The Balaban J connectivity index is 0.00000676. The summed E-state index contributed by atoms with van der Waals surface area (Å²) in [6.07, 6.45) is 3.61. The fourth-order valence-electron chi connectivity index (χ4n) is 2.73. The van der Waals surface area contributed by atoms with Crippen LogP contribution < -0.4 is 20.1 Å². The number of hydrogen-bond donors (Lipinski definition) is 2. The summed E-state index contributed by atoms with van der Waals surface area (Å²) in [5.41, 5.74) is 1.15. The summed E-state index contributed by atoms with van der Waals surface area (Å²) < 4.78 is 10.8. The van der Waals surface area contributed by atoms with Crippen LogP contribution in [0.1, 0.15) is 44.7 Å². The van der Waals surface area contributed by atoms with Gasteiger partial charge < -0.3 is 25.0 Å². The van der Waals surface area contributed by atoms with E-state index in [0.717, 1.165) is 42.5 Å². The maximum atomic E-state index is 5.44. The van der Waals surface area contributed by atoms with E-state index in [1.54, 1.807) is 14.2 Å². The second-order valence-corrected chi connectivity index (χ2v) is 6.45. The van der Waals surface area contributed by atoms with Crippen molar-refractivity contribution in [3.8, 4) is 11.5 Å². The lowest BCUT2D eigenvalue weighted by atomic mass is 10.1. The quantitative estimate of drug-likeness (QED) is 0.214. The zero-order valence-electron chi connectivity index (χ0n) is 17.7. The molecule has 0 aliphatic heterocycles. The molecule has 1 atom stereocenters. The zero-order valence-corrected chi connectivity index (χ0v) is 20.0. The summed E-state index contributed by atoms with van der Waals surface area (Å²) in [7, 11) is 7.45. The summed E-state index contributed by atoms with van der Waals surface area (Å²) in [5.74, 6) is 2.35. The Bertz CT molecular complexity index is 553. The van der Waals surface area contributed by atoms with Crippen molar-refractivity contribution in [1.82, 2.24) is 15.5 Å². The number of hydrogen-bond acceptors (Lipinski definition) is 4. The third-order valence-electron chi connectivity index (χ3n) is 4.26. The third kappa shape index (κ3) is 9.01. The molecule has 1 aromatic rings. The van der Waals surface area contributed by atoms with Gasteiger partial charge in [-0.2, -0.15) is 0 Å². The molecule has 1 aromatic carbocycles. The first kappa shape index (κ1) is 25.8. The number of halogens is 1. The number of aliphatic imine (C=N–C) groups is 1. The standard InChI is InChI=1S/C20H36N4O2.HI/c1-7-9-10-13-22-20(21-8-2)23-15-17(24(3)4)16-11-12-18(25-5)19(14-16)26-6;/h11-12,14,17H,7-10,13,15H2,1-6H3,(H2,21,22,23);1H. The van der Waals surface area contributed by atoms with Crippen molar-refractivity contribution in [2.24, 2.45) is 4.99 Å². The maximum absolute atomic E-state index is 5.44. The number of unbranched alkanes of at least 4 members (excludes halogenated alkanes) is 2. The first-order valence-corrected chi connectivity index (χ1v) is 9.47. The normalized spacial score (nSPS) is 12.3. The van der Waals surface area contributed by atoms with E-state index in [1.807, 2.05) is 12.1 Å². The molecule has 0 aliphatic rings. The number of likely N-dealkylation sites (N-methyl/N-ethyl adjacent to an activating group) is 1. The van der Waals surface area contributed by atoms with Gasteiger partial charge in [0.25, 0.3) is 0 Å². The summed E-state index contributed by atoms with van der Waals surface area (Å²) in [6.45, 7) is 6.75. The Morgan fingerprint density at radius 3 is 2.33 bits per heavy atom. The Morgan fingerprint density at radius 1 is 1.07 bits per heavy atom. The molecule has 0 radical (unpaired) electrons. The van der Waals surface area contributed by atoms with E-state index in [4.69, 9.17) is 14.5 Å². The molecule has 6 nitrogen and oxygen atoms in total. The van der Waals surface area contributed by atoms with Crippen LogP contribution >= 0.6 is 24.0 Å². The highest BCUT2D eigenvalue weighted by Gasteiger charge is 2.16. The van der Waals surface area contributed by atoms with Gasteiger partial charge in [0.2, 0.25) is 0 Å². The van der Waals surface area contributed by atoms with Crippen molar-refractivity contribution in [2.75, 3.05) is 47.9 Å². The summed E-state index contributed by atoms with van der Waals surface area (Å²) in [6, 6.07) is 6.20. The molecule has 0 spiro atoms. The fourth-order valence-corrected chi connectivity index (χ4v) is 2.73. The number of nitrogens with one attached hydrogen (secondary N) is 2. The van der Waals surface area contributed by atoms with Gasteiger partial charge in [-0.1, -0.05) is 25.8 Å². The lowest BCUT2D eigenvalue weighted by Crippen LogP contribution is -2.38. The molecule has 2 N–H and O–H groups in total. The fraction of sp³-hybridized carbons (Fsp3) is 0.650. The van der Waals surface area contributed by atoms with Crippen LogP contribution in [0.2, 0.25) is 0 Å². The summed E-state index contributed by atoms with van der Waals surface area (Å²) >= 11 is 0. The molecule has 0 heterocycles. The van der Waals surface area contributed by atoms with Crippen LogP contribution in [0.3, 0.4) is 0 Å². The molecule has 0 amide bonds. The van der Waals surface area contributed by atoms with Gasteiger partial charge in [0.15, 0.2) is 17.5 Å². The van der Waals surface area contributed by atoms with Crippen LogP contribution in [-0.4, -0.2) is 58.8 Å². The average Bonchev–Trinajstić information content (AvgIpc) is 2.64. The Morgan fingerprint density at radius 2 is 1.78 bits per heavy atom. The van der Waals surface area contributed by atoms with Crippen molar-refractivity contribution in [1.29, 1.82) is 0 Å². The third-order valence-corrected chi connectivity index (χ3v) is 4.26. The van der Waals surface area contributed by atoms with Crippen LogP contribution in [0.5, 0.6) is 11.5 Å². The largest absolute Gasteiger partial charge is 0.493 e. The van der Waals surface area contributed by atoms with E-state index in [0.29, 0.717) is 6.54 Å². The molecular weight excluding hydrogens is 455 g/mol. The van der Waals surface area contributed by atoms with Crippen LogP contribution in [0.15, 0.2) is 23.2 Å². The Kier molecular flexibility index (Phi) is 14.1. The van der Waals surface area contributed by atoms with Crippen molar-refractivity contribution in [3.63, 3.8) is 0 Å². The van der Waals surface area contributed by atoms with Gasteiger partial charge in [0.1, 0.15) is 0 Å². The minimum absolute atomic E-state index is 0. The van der Waals surface area contributed by atoms with E-state index < -0.39 is 0 Å². The Labute approximate surface area is 182 Å². The first-order chi connectivity index (χ1) is 12.6. The highest BCUT2D eigenvalue weighted by Crippen LogP contribution is 2.31. The zero-order chi connectivity index (χ0) is 19.4. The molecule has 0 bridgehead atoms. The van der Waals surface area contributed by atoms with Crippen LogP contribution in [0.4, 0.5) is 0 Å². The van der Waals surface area contributed by atoms with Gasteiger partial charge in [0.05, 0.1) is 26.8 Å². The lowest BCUT2D eigenvalue weighted by Gasteiger charge is -2.24. The maximum Gasteiger partial charge on any atom is 0.191 e. The minimum atomic E-state index is 0. The van der Waals surface area contributed by atoms with Gasteiger partial charge >= 0.3 is 0 Å². The van der Waals surface area contributed by atoms with Crippen molar-refractivity contribution >= 4 is 29.9 Å². The lowest BCUT2D eigenvalue weighted by molar-refractivity contribution is 0.303. The highest BCUT2D eigenvalue weighted by molar-refractivity contribution is 14.0. The topological polar surface area (TPSA) is 58.1 Å². The van der Waals surface area contributed by atoms with Gasteiger partial charge in [-0.15, -0.1) is 24.0 Å². The highest BCUT2D eigenvalue weighted by atomic mass is 127. The van der Waals surface area contributed by atoms with Gasteiger partial charge in [-0.3, -0.25) is 4.99 Å². The molecule has 0 aromatic heterocycles. The smallest absolute Gasteiger partial charge is 0.191 e. The van der Waals surface area contributed by atoms with E-state index in [1.165, 1.54) is 12.8 Å². The summed E-state index contributed by atoms with van der Waals surface area (Å²) in [5, 5.41) is 6.74. The number of methoxy groups -OCH3 is 2. The molecule has 156 valence electrons. The van der Waals surface area contributed by atoms with E-state index >= 15 is 0 Å². The second kappa shape index (κ2) is 14.8. The SMILES string of the molecule is CCCCCNC(=NCC(c1ccc(OC)c(OC)c1)N(C)C)NCC.I. The molecule has 1 unspecified atom stereocenters. The van der Waals surface area contributed by atoms with Crippen LogP contribution in [-0.2, 0) is 0 Å². The van der Waals surface area contributed by atoms with E-state index in [9.17, 15) is 0 Å². The number of guanidine groups is 1.